The molecule has 4 nitrogen and oxygen atoms in total. The van der Waals surface area contributed by atoms with E-state index in [1.807, 2.05) is 18.2 Å². The third-order valence-electron chi connectivity index (χ3n) is 4.43. The number of halogens is 2. The van der Waals surface area contributed by atoms with Crippen molar-refractivity contribution in [1.29, 1.82) is 0 Å². The van der Waals surface area contributed by atoms with E-state index in [-0.39, 0.29) is 11.7 Å². The van der Waals surface area contributed by atoms with Crippen molar-refractivity contribution in [2.75, 3.05) is 19.7 Å². The number of thiazole rings is 1. The summed E-state index contributed by atoms with van der Waals surface area (Å²) in [5.74, 6) is -0.513. The molecule has 2 aromatic carbocycles. The Hall–Kier alpha value is -2.28. The number of nitrogens with zero attached hydrogens (tertiary/aromatic N) is 2. The maximum atomic E-state index is 14.0. The second-order valence-corrected chi connectivity index (χ2v) is 7.42. The lowest BCUT2D eigenvalue weighted by molar-refractivity contribution is -0.0244. The van der Waals surface area contributed by atoms with Gasteiger partial charge in [-0.2, -0.15) is 0 Å². The molecule has 0 N–H and O–H groups in total. The van der Waals surface area contributed by atoms with Crippen molar-refractivity contribution in [1.82, 2.24) is 9.88 Å². The minimum atomic E-state index is -0.481. The highest BCUT2D eigenvalue weighted by Gasteiger charge is 2.29. The number of ether oxygens (including phenoxy) is 1. The lowest BCUT2D eigenvalue weighted by Crippen LogP contribution is -2.42. The first-order valence-electron chi connectivity index (χ1n) is 8.49. The largest absolute Gasteiger partial charge is 0.370 e. The predicted molar refractivity (Wildman–Crippen MR) is 104 cm³/mol. The molecule has 27 heavy (non-hydrogen) atoms. The maximum absolute atomic E-state index is 14.0. The van der Waals surface area contributed by atoms with E-state index >= 15 is 0 Å². The van der Waals surface area contributed by atoms with Gasteiger partial charge in [0, 0.05) is 23.1 Å². The van der Waals surface area contributed by atoms with Gasteiger partial charge in [-0.25, -0.2) is 9.37 Å². The molecule has 1 atom stereocenters. The Morgan fingerprint density at radius 1 is 1.22 bits per heavy atom. The maximum Gasteiger partial charge on any atom is 0.273 e. The van der Waals surface area contributed by atoms with Gasteiger partial charge in [-0.15, -0.1) is 11.3 Å². The summed E-state index contributed by atoms with van der Waals surface area (Å²) in [5.41, 5.74) is 1.63. The molecule has 0 aliphatic carbocycles. The minimum Gasteiger partial charge on any atom is -0.370 e. The van der Waals surface area contributed by atoms with Gasteiger partial charge in [0.25, 0.3) is 5.91 Å². The standard InChI is InChI=1S/C20H16ClFN2O2S/c21-15-7-3-1-5-13(15)19-23-17(12-27-19)20(25)24-9-10-26-18(11-24)14-6-2-4-8-16(14)22/h1-8,12,18H,9-11H2. The van der Waals surface area contributed by atoms with Gasteiger partial charge in [-0.05, 0) is 12.1 Å². The van der Waals surface area contributed by atoms with Crippen LogP contribution in [0.3, 0.4) is 0 Å². The van der Waals surface area contributed by atoms with Crippen molar-refractivity contribution in [3.8, 4) is 10.6 Å². The van der Waals surface area contributed by atoms with Gasteiger partial charge in [0.1, 0.15) is 22.6 Å². The highest BCUT2D eigenvalue weighted by molar-refractivity contribution is 7.13. The summed E-state index contributed by atoms with van der Waals surface area (Å²) < 4.78 is 19.7. The molecule has 7 heteroatoms. The fraction of sp³-hybridized carbons (Fsp3) is 0.200. The SMILES string of the molecule is O=C(c1csc(-c2ccccc2Cl)n1)N1CCOC(c2ccccc2F)C1. The van der Waals surface area contributed by atoms with E-state index in [9.17, 15) is 9.18 Å². The summed E-state index contributed by atoms with van der Waals surface area (Å²) >= 11 is 7.59. The molecule has 2 heterocycles. The van der Waals surface area contributed by atoms with E-state index in [4.69, 9.17) is 16.3 Å². The Labute approximate surface area is 165 Å². The van der Waals surface area contributed by atoms with Crippen molar-refractivity contribution >= 4 is 28.8 Å². The number of rotatable bonds is 3. The Bertz CT molecular complexity index is 978. The van der Waals surface area contributed by atoms with Crippen LogP contribution in [0.5, 0.6) is 0 Å². The molecule has 1 amide bonds. The molecule has 3 aromatic rings. The molecule has 1 fully saturated rings. The molecule has 0 radical (unpaired) electrons. The number of hydrogen-bond donors (Lipinski definition) is 0. The van der Waals surface area contributed by atoms with Gasteiger partial charge in [0.2, 0.25) is 0 Å². The average Bonchev–Trinajstić information content (AvgIpc) is 3.18. The summed E-state index contributed by atoms with van der Waals surface area (Å²) in [6.45, 7) is 1.09. The summed E-state index contributed by atoms with van der Waals surface area (Å²) in [7, 11) is 0. The molecule has 0 saturated carbocycles. The van der Waals surface area contributed by atoms with Gasteiger partial charge in [0.05, 0.1) is 18.2 Å². The molecule has 1 unspecified atom stereocenters. The summed E-state index contributed by atoms with van der Waals surface area (Å²) in [4.78, 5) is 19.0. The molecular weight excluding hydrogens is 387 g/mol. The van der Waals surface area contributed by atoms with Crippen molar-refractivity contribution in [2.24, 2.45) is 0 Å². The number of carbonyl (C=O) groups excluding carboxylic acids is 1. The zero-order valence-corrected chi connectivity index (χ0v) is 15.8. The summed E-state index contributed by atoms with van der Waals surface area (Å²) in [6, 6.07) is 13.9. The molecule has 1 aromatic heterocycles. The Morgan fingerprint density at radius 3 is 2.81 bits per heavy atom. The van der Waals surface area contributed by atoms with Crippen molar-refractivity contribution in [2.45, 2.75) is 6.10 Å². The Balaban J connectivity index is 1.53. The molecule has 1 aliphatic rings. The topological polar surface area (TPSA) is 42.4 Å². The second kappa shape index (κ2) is 7.76. The highest BCUT2D eigenvalue weighted by atomic mass is 35.5. The van der Waals surface area contributed by atoms with E-state index in [1.54, 1.807) is 34.5 Å². The van der Waals surface area contributed by atoms with Crippen LogP contribution in [0.4, 0.5) is 4.39 Å². The number of carbonyl (C=O) groups is 1. The van der Waals surface area contributed by atoms with Crippen LogP contribution in [0.1, 0.15) is 22.2 Å². The van der Waals surface area contributed by atoms with Crippen LogP contribution in [-0.2, 0) is 4.74 Å². The first kappa shape index (κ1) is 18.1. The summed E-state index contributed by atoms with van der Waals surface area (Å²) in [6.07, 6.45) is -0.481. The van der Waals surface area contributed by atoms with Crippen LogP contribution in [0.25, 0.3) is 10.6 Å². The third kappa shape index (κ3) is 3.74. The lowest BCUT2D eigenvalue weighted by Gasteiger charge is -2.32. The number of aromatic nitrogens is 1. The first-order chi connectivity index (χ1) is 13.1. The number of amides is 1. The van der Waals surface area contributed by atoms with E-state index in [0.717, 1.165) is 5.56 Å². The van der Waals surface area contributed by atoms with Gasteiger partial charge in [0.15, 0.2) is 0 Å². The van der Waals surface area contributed by atoms with Crippen molar-refractivity contribution in [3.63, 3.8) is 0 Å². The second-order valence-electron chi connectivity index (χ2n) is 6.15. The van der Waals surface area contributed by atoms with E-state index in [2.05, 4.69) is 4.98 Å². The average molecular weight is 403 g/mol. The van der Waals surface area contributed by atoms with E-state index in [0.29, 0.717) is 41.0 Å². The van der Waals surface area contributed by atoms with Crippen LogP contribution in [0.15, 0.2) is 53.9 Å². The van der Waals surface area contributed by atoms with Gasteiger partial charge in [-0.3, -0.25) is 4.79 Å². The smallest absolute Gasteiger partial charge is 0.273 e. The summed E-state index contributed by atoms with van der Waals surface area (Å²) in [5, 5.41) is 3.02. The lowest BCUT2D eigenvalue weighted by atomic mass is 10.1. The Morgan fingerprint density at radius 2 is 2.00 bits per heavy atom. The van der Waals surface area contributed by atoms with Gasteiger partial charge in [-0.1, -0.05) is 48.0 Å². The van der Waals surface area contributed by atoms with Crippen LogP contribution >= 0.6 is 22.9 Å². The van der Waals surface area contributed by atoms with Crippen molar-refractivity contribution < 1.29 is 13.9 Å². The van der Waals surface area contributed by atoms with Crippen LogP contribution in [0, 0.1) is 5.82 Å². The predicted octanol–water partition coefficient (Wildman–Crippen LogP) is 4.82. The Kier molecular flexibility index (Phi) is 5.20. The zero-order valence-electron chi connectivity index (χ0n) is 14.3. The van der Waals surface area contributed by atoms with Gasteiger partial charge >= 0.3 is 0 Å². The number of morpholine rings is 1. The van der Waals surface area contributed by atoms with Crippen LogP contribution in [-0.4, -0.2) is 35.5 Å². The van der Waals surface area contributed by atoms with Gasteiger partial charge < -0.3 is 9.64 Å². The minimum absolute atomic E-state index is 0.186. The van der Waals surface area contributed by atoms with Crippen LogP contribution in [0.2, 0.25) is 5.02 Å². The van der Waals surface area contributed by atoms with E-state index in [1.165, 1.54) is 17.4 Å². The number of hydrogen-bond acceptors (Lipinski definition) is 4. The first-order valence-corrected chi connectivity index (χ1v) is 9.75. The molecular formula is C20H16ClFN2O2S. The molecule has 1 aliphatic heterocycles. The fourth-order valence-corrected chi connectivity index (χ4v) is 4.16. The fourth-order valence-electron chi connectivity index (χ4n) is 3.05. The van der Waals surface area contributed by atoms with E-state index < -0.39 is 6.10 Å². The molecule has 4 rings (SSSR count). The third-order valence-corrected chi connectivity index (χ3v) is 5.64. The van der Waals surface area contributed by atoms with Crippen LogP contribution < -0.4 is 0 Å². The normalized spacial score (nSPS) is 17.1. The molecule has 1 saturated heterocycles. The quantitative estimate of drug-likeness (QED) is 0.631. The zero-order chi connectivity index (χ0) is 18.8. The molecule has 0 bridgehead atoms. The monoisotopic (exact) mass is 402 g/mol. The highest BCUT2D eigenvalue weighted by Crippen LogP contribution is 2.31. The molecule has 138 valence electrons. The van der Waals surface area contributed by atoms with Crippen molar-refractivity contribution in [3.05, 3.63) is 76.0 Å². The number of benzene rings is 2. The molecule has 0 spiro atoms.